The first kappa shape index (κ1) is 11.9. The van der Waals surface area contributed by atoms with Gasteiger partial charge in [-0.3, -0.25) is 5.41 Å². The van der Waals surface area contributed by atoms with Gasteiger partial charge in [-0.1, -0.05) is 13.8 Å². The zero-order chi connectivity index (χ0) is 11.8. The van der Waals surface area contributed by atoms with E-state index in [9.17, 15) is 0 Å². The summed E-state index contributed by atoms with van der Waals surface area (Å²) in [5.41, 5.74) is 6.45. The second kappa shape index (κ2) is 4.02. The molecule has 0 spiro atoms. The maximum atomic E-state index is 7.43. The number of nitrogens with two attached hydrogens (primary N) is 1. The van der Waals surface area contributed by atoms with E-state index in [-0.39, 0.29) is 0 Å². The first-order chi connectivity index (χ1) is 7.41. The van der Waals surface area contributed by atoms with E-state index in [0.29, 0.717) is 16.7 Å². The van der Waals surface area contributed by atoms with E-state index >= 15 is 0 Å². The smallest absolute Gasteiger partial charge is 0.0911 e. The zero-order valence-electron chi connectivity index (χ0n) is 10.7. The third-order valence-electron chi connectivity index (χ3n) is 4.29. The molecule has 92 valence electrons. The SMILES string of the molecule is CC1(C)CCN(CC2(CC(=N)N)CC2)CC1. The van der Waals surface area contributed by atoms with Crippen molar-refractivity contribution in [3.05, 3.63) is 0 Å². The monoisotopic (exact) mass is 223 g/mol. The molecule has 0 atom stereocenters. The molecule has 2 fully saturated rings. The molecule has 0 aromatic heterocycles. The zero-order valence-corrected chi connectivity index (χ0v) is 10.7. The molecule has 0 bridgehead atoms. The number of amidine groups is 1. The molecule has 1 aliphatic heterocycles. The summed E-state index contributed by atoms with van der Waals surface area (Å²) in [4.78, 5) is 2.58. The number of nitrogens with zero attached hydrogens (tertiary/aromatic N) is 1. The Labute approximate surface area is 98.9 Å². The highest BCUT2D eigenvalue weighted by atomic mass is 15.1. The van der Waals surface area contributed by atoms with Gasteiger partial charge in [-0.2, -0.15) is 0 Å². The van der Waals surface area contributed by atoms with Gasteiger partial charge in [0.15, 0.2) is 0 Å². The minimum Gasteiger partial charge on any atom is -0.388 e. The van der Waals surface area contributed by atoms with Crippen molar-refractivity contribution in [3.63, 3.8) is 0 Å². The van der Waals surface area contributed by atoms with Crippen molar-refractivity contribution in [2.75, 3.05) is 19.6 Å². The average molecular weight is 223 g/mol. The number of nitrogens with one attached hydrogen (secondary N) is 1. The van der Waals surface area contributed by atoms with E-state index in [1.165, 1.54) is 45.3 Å². The first-order valence-corrected chi connectivity index (χ1v) is 6.46. The molecular weight excluding hydrogens is 198 g/mol. The molecule has 2 rings (SSSR count). The van der Waals surface area contributed by atoms with Crippen LogP contribution in [0.5, 0.6) is 0 Å². The number of likely N-dealkylation sites (tertiary alicyclic amines) is 1. The van der Waals surface area contributed by atoms with Crippen LogP contribution in [0.15, 0.2) is 0 Å². The maximum Gasteiger partial charge on any atom is 0.0911 e. The van der Waals surface area contributed by atoms with Gasteiger partial charge >= 0.3 is 0 Å². The maximum absolute atomic E-state index is 7.43. The Morgan fingerprint density at radius 1 is 1.19 bits per heavy atom. The fraction of sp³-hybridized carbons (Fsp3) is 0.923. The van der Waals surface area contributed by atoms with Gasteiger partial charge in [0.05, 0.1) is 5.84 Å². The topological polar surface area (TPSA) is 53.1 Å². The van der Waals surface area contributed by atoms with E-state index in [1.807, 2.05) is 0 Å². The van der Waals surface area contributed by atoms with E-state index in [0.717, 1.165) is 6.42 Å². The lowest BCUT2D eigenvalue weighted by atomic mass is 9.82. The van der Waals surface area contributed by atoms with Crippen LogP contribution in [-0.2, 0) is 0 Å². The summed E-state index contributed by atoms with van der Waals surface area (Å²) in [5, 5.41) is 7.43. The van der Waals surface area contributed by atoms with Crippen LogP contribution in [0.4, 0.5) is 0 Å². The van der Waals surface area contributed by atoms with Crippen molar-refractivity contribution in [2.24, 2.45) is 16.6 Å². The molecular formula is C13H25N3. The highest BCUT2D eigenvalue weighted by Gasteiger charge is 2.44. The molecule has 3 N–H and O–H groups in total. The van der Waals surface area contributed by atoms with Crippen molar-refractivity contribution >= 4 is 5.84 Å². The van der Waals surface area contributed by atoms with Crippen molar-refractivity contribution < 1.29 is 0 Å². The van der Waals surface area contributed by atoms with Crippen molar-refractivity contribution in [1.82, 2.24) is 4.90 Å². The molecule has 1 heterocycles. The lowest BCUT2D eigenvalue weighted by Crippen LogP contribution is -2.41. The standard InChI is InChI=1S/C13H25N3/c1-12(2)5-7-16(8-6-12)10-13(3-4-13)9-11(14)15/h3-10H2,1-2H3,(H3,14,15). The van der Waals surface area contributed by atoms with Gasteiger partial charge in [0.2, 0.25) is 0 Å². The second-order valence-electron chi connectivity index (χ2n) is 6.64. The van der Waals surface area contributed by atoms with Crippen LogP contribution in [0.1, 0.15) is 46.0 Å². The van der Waals surface area contributed by atoms with Crippen LogP contribution in [-0.4, -0.2) is 30.4 Å². The molecule has 3 nitrogen and oxygen atoms in total. The molecule has 3 heteroatoms. The molecule has 16 heavy (non-hydrogen) atoms. The molecule has 0 unspecified atom stereocenters. The third-order valence-corrected chi connectivity index (χ3v) is 4.29. The Kier molecular flexibility index (Phi) is 2.99. The predicted molar refractivity (Wildman–Crippen MR) is 67.7 cm³/mol. The molecule has 1 aliphatic carbocycles. The van der Waals surface area contributed by atoms with E-state index in [1.54, 1.807) is 0 Å². The number of hydrogen-bond donors (Lipinski definition) is 2. The van der Waals surface area contributed by atoms with Crippen LogP contribution < -0.4 is 5.73 Å². The molecule has 0 radical (unpaired) electrons. The summed E-state index contributed by atoms with van der Waals surface area (Å²) in [5.74, 6) is 0.370. The van der Waals surface area contributed by atoms with Crippen LogP contribution in [0, 0.1) is 16.2 Å². The van der Waals surface area contributed by atoms with Gasteiger partial charge in [-0.05, 0) is 49.6 Å². The second-order valence-corrected chi connectivity index (χ2v) is 6.64. The Morgan fingerprint density at radius 2 is 1.75 bits per heavy atom. The van der Waals surface area contributed by atoms with Crippen molar-refractivity contribution in [2.45, 2.75) is 46.0 Å². The molecule has 1 saturated heterocycles. The molecule has 0 aromatic carbocycles. The van der Waals surface area contributed by atoms with Gasteiger partial charge in [0.1, 0.15) is 0 Å². The lowest BCUT2D eigenvalue weighted by molar-refractivity contribution is 0.113. The highest BCUT2D eigenvalue weighted by Crippen LogP contribution is 2.49. The van der Waals surface area contributed by atoms with Gasteiger partial charge in [0, 0.05) is 13.0 Å². The summed E-state index contributed by atoms with van der Waals surface area (Å²) >= 11 is 0. The van der Waals surface area contributed by atoms with Crippen LogP contribution in [0.2, 0.25) is 0 Å². The average Bonchev–Trinajstić information content (AvgIpc) is 2.88. The summed E-state index contributed by atoms with van der Waals surface area (Å²) in [7, 11) is 0. The largest absolute Gasteiger partial charge is 0.388 e. The van der Waals surface area contributed by atoms with E-state index in [2.05, 4.69) is 18.7 Å². The molecule has 0 aromatic rings. The van der Waals surface area contributed by atoms with E-state index < -0.39 is 0 Å². The minimum atomic E-state index is 0.370. The number of rotatable bonds is 4. The van der Waals surface area contributed by atoms with Gasteiger partial charge in [-0.15, -0.1) is 0 Å². The molecule has 0 amide bonds. The lowest BCUT2D eigenvalue weighted by Gasteiger charge is -2.38. The van der Waals surface area contributed by atoms with Gasteiger partial charge in [0.25, 0.3) is 0 Å². The quantitative estimate of drug-likeness (QED) is 0.567. The Bertz CT molecular complexity index is 269. The minimum absolute atomic E-state index is 0.370. The Morgan fingerprint density at radius 3 is 2.19 bits per heavy atom. The van der Waals surface area contributed by atoms with E-state index in [4.69, 9.17) is 11.1 Å². The summed E-state index contributed by atoms with van der Waals surface area (Å²) in [6.07, 6.45) is 5.97. The predicted octanol–water partition coefficient (Wildman–Crippen LogP) is 2.21. The van der Waals surface area contributed by atoms with Crippen molar-refractivity contribution in [1.29, 1.82) is 5.41 Å². The first-order valence-electron chi connectivity index (χ1n) is 6.46. The highest BCUT2D eigenvalue weighted by molar-refractivity contribution is 5.78. The van der Waals surface area contributed by atoms with Crippen LogP contribution >= 0.6 is 0 Å². The Hall–Kier alpha value is -0.570. The fourth-order valence-corrected chi connectivity index (χ4v) is 2.76. The summed E-state index contributed by atoms with van der Waals surface area (Å²) in [6.45, 7) is 8.36. The Balaban J connectivity index is 1.81. The summed E-state index contributed by atoms with van der Waals surface area (Å²) in [6, 6.07) is 0. The molecule has 2 aliphatic rings. The number of hydrogen-bond acceptors (Lipinski definition) is 2. The summed E-state index contributed by atoms with van der Waals surface area (Å²) < 4.78 is 0. The number of piperidine rings is 1. The molecule has 1 saturated carbocycles. The van der Waals surface area contributed by atoms with Crippen LogP contribution in [0.25, 0.3) is 0 Å². The van der Waals surface area contributed by atoms with Crippen molar-refractivity contribution in [3.8, 4) is 0 Å². The normalized spacial score (nSPS) is 27.6. The van der Waals surface area contributed by atoms with Gasteiger partial charge < -0.3 is 10.6 Å². The van der Waals surface area contributed by atoms with Crippen LogP contribution in [0.3, 0.4) is 0 Å². The van der Waals surface area contributed by atoms with Gasteiger partial charge in [-0.25, -0.2) is 0 Å². The third kappa shape index (κ3) is 2.97. The fourth-order valence-electron chi connectivity index (χ4n) is 2.76.